The van der Waals surface area contributed by atoms with Crippen molar-refractivity contribution in [1.29, 1.82) is 0 Å². The van der Waals surface area contributed by atoms with Gasteiger partial charge < -0.3 is 24.4 Å². The first-order chi connectivity index (χ1) is 17.1. The molecule has 4 aromatic rings. The minimum Gasteiger partial charge on any atom is -0.497 e. The number of carboxylic acids is 1. The first kappa shape index (κ1) is 23.8. The van der Waals surface area contributed by atoms with Crippen molar-refractivity contribution in [2.45, 2.75) is 19.8 Å². The molecule has 0 atom stereocenters. The summed E-state index contributed by atoms with van der Waals surface area (Å²) >= 11 is 0. The molecule has 1 heterocycles. The Kier molecular flexibility index (Phi) is 7.60. The summed E-state index contributed by atoms with van der Waals surface area (Å²) in [6.07, 6.45) is 1.54. The summed E-state index contributed by atoms with van der Waals surface area (Å²) in [5.74, 6) is 0.736. The van der Waals surface area contributed by atoms with E-state index in [0.29, 0.717) is 29.4 Å². The number of hydrogen-bond acceptors (Lipinski definition) is 6. The molecule has 0 amide bonds. The molecule has 178 valence electrons. The van der Waals surface area contributed by atoms with E-state index in [4.69, 9.17) is 14.2 Å². The standard InChI is InChI=1S/C28H25NO6/c1-33-23-12-8-20(9-13-23)18-35-27-15-29-22(16-30)14-26(27)34-17-19-6-10-21(11-7-19)24-4-2-3-5-25(24)28(31)32/h2-15,30H,16-18H2,1H3,(H,31,32). The van der Waals surface area contributed by atoms with Gasteiger partial charge in [0, 0.05) is 6.07 Å². The van der Waals surface area contributed by atoms with Gasteiger partial charge in [0.2, 0.25) is 0 Å². The highest BCUT2D eigenvalue weighted by Crippen LogP contribution is 2.30. The minimum atomic E-state index is -0.965. The van der Waals surface area contributed by atoms with E-state index in [9.17, 15) is 15.0 Å². The maximum Gasteiger partial charge on any atom is 0.336 e. The van der Waals surface area contributed by atoms with Gasteiger partial charge in [0.05, 0.1) is 31.2 Å². The van der Waals surface area contributed by atoms with E-state index in [0.717, 1.165) is 22.4 Å². The summed E-state index contributed by atoms with van der Waals surface area (Å²) in [5.41, 5.74) is 4.04. The van der Waals surface area contributed by atoms with E-state index in [1.165, 1.54) is 6.20 Å². The van der Waals surface area contributed by atoms with Gasteiger partial charge in [-0.05, 0) is 40.5 Å². The van der Waals surface area contributed by atoms with Crippen LogP contribution in [0.1, 0.15) is 27.2 Å². The van der Waals surface area contributed by atoms with Gasteiger partial charge in [0.25, 0.3) is 0 Å². The van der Waals surface area contributed by atoms with Crippen LogP contribution in [-0.4, -0.2) is 28.3 Å². The average Bonchev–Trinajstić information content (AvgIpc) is 2.91. The fraction of sp³-hybridized carbons (Fsp3) is 0.143. The molecule has 0 spiro atoms. The third-order valence-corrected chi connectivity index (χ3v) is 5.42. The van der Waals surface area contributed by atoms with Crippen molar-refractivity contribution in [1.82, 2.24) is 4.98 Å². The molecule has 0 aliphatic heterocycles. The molecule has 0 aliphatic carbocycles. The van der Waals surface area contributed by atoms with Crippen LogP contribution in [0.15, 0.2) is 85.1 Å². The molecule has 0 bridgehead atoms. The van der Waals surface area contributed by atoms with Gasteiger partial charge in [0.15, 0.2) is 11.5 Å². The Hall–Kier alpha value is -4.36. The highest BCUT2D eigenvalue weighted by molar-refractivity contribution is 5.95. The van der Waals surface area contributed by atoms with Gasteiger partial charge in [-0.25, -0.2) is 4.79 Å². The van der Waals surface area contributed by atoms with Gasteiger partial charge in [0.1, 0.15) is 19.0 Å². The second-order valence-corrected chi connectivity index (χ2v) is 7.75. The van der Waals surface area contributed by atoms with E-state index in [2.05, 4.69) is 4.98 Å². The Morgan fingerprint density at radius 3 is 2.11 bits per heavy atom. The van der Waals surface area contributed by atoms with Crippen LogP contribution in [0.3, 0.4) is 0 Å². The second-order valence-electron chi connectivity index (χ2n) is 7.75. The van der Waals surface area contributed by atoms with Crippen molar-refractivity contribution in [2.24, 2.45) is 0 Å². The van der Waals surface area contributed by atoms with Gasteiger partial charge in [-0.3, -0.25) is 4.98 Å². The summed E-state index contributed by atoms with van der Waals surface area (Å²) in [6.45, 7) is 0.361. The van der Waals surface area contributed by atoms with Crippen LogP contribution in [0.5, 0.6) is 17.2 Å². The number of rotatable bonds is 10. The molecule has 3 aromatic carbocycles. The highest BCUT2D eigenvalue weighted by Gasteiger charge is 2.12. The van der Waals surface area contributed by atoms with Crippen LogP contribution in [0.2, 0.25) is 0 Å². The first-order valence-electron chi connectivity index (χ1n) is 11.0. The maximum atomic E-state index is 11.5. The van der Waals surface area contributed by atoms with Crippen LogP contribution in [0.4, 0.5) is 0 Å². The number of benzene rings is 3. The molecule has 0 aliphatic rings. The fourth-order valence-corrected chi connectivity index (χ4v) is 3.52. The van der Waals surface area contributed by atoms with Crippen molar-refractivity contribution >= 4 is 5.97 Å². The number of carboxylic acid groups (broad SMARTS) is 1. The molecule has 4 rings (SSSR count). The zero-order valence-corrected chi connectivity index (χ0v) is 19.2. The molecule has 0 saturated heterocycles. The lowest BCUT2D eigenvalue weighted by atomic mass is 9.99. The Bertz CT molecular complexity index is 1290. The Morgan fingerprint density at radius 1 is 0.857 bits per heavy atom. The predicted octanol–water partition coefficient (Wildman–Crippen LogP) is 5.11. The SMILES string of the molecule is COc1ccc(COc2cnc(CO)cc2OCc2ccc(-c3ccccc3C(=O)O)cc2)cc1. The number of carbonyl (C=O) groups is 1. The van der Waals surface area contributed by atoms with Gasteiger partial charge in [-0.15, -0.1) is 0 Å². The Labute approximate surface area is 203 Å². The number of aliphatic hydroxyl groups is 1. The normalized spacial score (nSPS) is 10.6. The molecule has 0 fully saturated rings. The molecule has 7 nitrogen and oxygen atoms in total. The van der Waals surface area contributed by atoms with Crippen LogP contribution < -0.4 is 14.2 Å². The van der Waals surface area contributed by atoms with E-state index in [-0.39, 0.29) is 18.8 Å². The molecule has 2 N–H and O–H groups in total. The average molecular weight is 472 g/mol. The molecule has 0 unspecified atom stereocenters. The summed E-state index contributed by atoms with van der Waals surface area (Å²) in [7, 11) is 1.62. The summed E-state index contributed by atoms with van der Waals surface area (Å²) in [6, 6.07) is 23.6. The monoisotopic (exact) mass is 471 g/mol. The quantitative estimate of drug-likeness (QED) is 0.332. The van der Waals surface area contributed by atoms with E-state index in [1.54, 1.807) is 31.4 Å². The number of methoxy groups -OCH3 is 1. The minimum absolute atomic E-state index is 0.215. The number of aliphatic hydroxyl groups excluding tert-OH is 1. The summed E-state index contributed by atoms with van der Waals surface area (Å²) < 4.78 is 17.1. The van der Waals surface area contributed by atoms with E-state index < -0.39 is 5.97 Å². The molecular weight excluding hydrogens is 446 g/mol. The summed E-state index contributed by atoms with van der Waals surface area (Å²) in [5, 5.41) is 18.9. The van der Waals surface area contributed by atoms with E-state index >= 15 is 0 Å². The van der Waals surface area contributed by atoms with Crippen LogP contribution in [0.25, 0.3) is 11.1 Å². The number of hydrogen-bond donors (Lipinski definition) is 2. The number of aromatic nitrogens is 1. The van der Waals surface area contributed by atoms with Gasteiger partial charge in [-0.1, -0.05) is 54.6 Å². The first-order valence-corrected chi connectivity index (χ1v) is 11.0. The van der Waals surface area contributed by atoms with Gasteiger partial charge in [-0.2, -0.15) is 0 Å². The van der Waals surface area contributed by atoms with Crippen molar-refractivity contribution in [3.05, 3.63) is 107 Å². The zero-order valence-electron chi connectivity index (χ0n) is 19.2. The number of aromatic carboxylic acids is 1. The number of pyridine rings is 1. The van der Waals surface area contributed by atoms with Crippen LogP contribution in [-0.2, 0) is 19.8 Å². The third-order valence-electron chi connectivity index (χ3n) is 5.42. The van der Waals surface area contributed by atoms with E-state index in [1.807, 2.05) is 54.6 Å². The molecule has 35 heavy (non-hydrogen) atoms. The smallest absolute Gasteiger partial charge is 0.336 e. The topological polar surface area (TPSA) is 98.1 Å². The number of ether oxygens (including phenoxy) is 3. The second kappa shape index (κ2) is 11.2. The molecule has 0 radical (unpaired) electrons. The van der Waals surface area contributed by atoms with Crippen molar-refractivity contribution in [2.75, 3.05) is 7.11 Å². The molecule has 7 heteroatoms. The van der Waals surface area contributed by atoms with Gasteiger partial charge >= 0.3 is 5.97 Å². The van der Waals surface area contributed by atoms with Crippen LogP contribution in [0, 0.1) is 0 Å². The third kappa shape index (κ3) is 5.96. The van der Waals surface area contributed by atoms with Crippen molar-refractivity contribution in [3.63, 3.8) is 0 Å². The fourth-order valence-electron chi connectivity index (χ4n) is 3.52. The Morgan fingerprint density at radius 2 is 1.49 bits per heavy atom. The lowest BCUT2D eigenvalue weighted by Crippen LogP contribution is -2.03. The maximum absolute atomic E-state index is 11.5. The lowest BCUT2D eigenvalue weighted by molar-refractivity contribution is 0.0697. The Balaban J connectivity index is 1.46. The van der Waals surface area contributed by atoms with Crippen LogP contribution >= 0.6 is 0 Å². The largest absolute Gasteiger partial charge is 0.497 e. The number of nitrogens with zero attached hydrogens (tertiary/aromatic N) is 1. The van der Waals surface area contributed by atoms with Crippen molar-refractivity contribution in [3.8, 4) is 28.4 Å². The summed E-state index contributed by atoms with van der Waals surface area (Å²) in [4.78, 5) is 15.7. The molecule has 0 saturated carbocycles. The molecular formula is C28H25NO6. The zero-order chi connectivity index (χ0) is 24.6. The lowest BCUT2D eigenvalue weighted by Gasteiger charge is -2.14. The highest BCUT2D eigenvalue weighted by atomic mass is 16.5. The van der Waals surface area contributed by atoms with Crippen molar-refractivity contribution < 1.29 is 29.2 Å². The predicted molar refractivity (Wildman–Crippen MR) is 131 cm³/mol. The molecule has 1 aromatic heterocycles.